The van der Waals surface area contributed by atoms with E-state index in [9.17, 15) is 0 Å². The van der Waals surface area contributed by atoms with Crippen LogP contribution in [-0.2, 0) is 4.74 Å². The monoisotopic (exact) mass is 374 g/mol. The summed E-state index contributed by atoms with van der Waals surface area (Å²) in [5.41, 5.74) is 2.04. The maximum atomic E-state index is 5.79. The molecule has 146 valence electrons. The second-order valence-electron chi connectivity index (χ2n) is 6.27. The first-order chi connectivity index (χ1) is 13.1. The largest absolute Gasteiger partial charge is 0.462 e. The van der Waals surface area contributed by atoms with Gasteiger partial charge in [-0.3, -0.25) is 0 Å². The zero-order valence-corrected chi connectivity index (χ0v) is 16.0. The highest BCUT2D eigenvalue weighted by Gasteiger charge is 2.20. The third-order valence-corrected chi connectivity index (χ3v) is 4.38. The molecule has 0 aliphatic carbocycles. The molecule has 0 radical (unpaired) electrons. The highest BCUT2D eigenvalue weighted by atomic mass is 16.5. The molecule has 0 saturated carbocycles. The molecule has 0 atom stereocenters. The molecule has 27 heavy (non-hydrogen) atoms. The normalized spacial score (nSPS) is 15.2. The van der Waals surface area contributed by atoms with Crippen LogP contribution in [-0.4, -0.2) is 62.2 Å². The van der Waals surface area contributed by atoms with Gasteiger partial charge in [-0.1, -0.05) is 0 Å². The minimum Gasteiger partial charge on any atom is -0.462 e. The molecule has 3 N–H and O–H groups in total. The van der Waals surface area contributed by atoms with E-state index >= 15 is 0 Å². The minimum atomic E-state index is 0.283. The van der Waals surface area contributed by atoms with Gasteiger partial charge in [0.25, 0.3) is 0 Å². The van der Waals surface area contributed by atoms with Crippen molar-refractivity contribution in [3.63, 3.8) is 0 Å². The predicted octanol–water partition coefficient (Wildman–Crippen LogP) is 0.832. The summed E-state index contributed by atoms with van der Waals surface area (Å²) in [5.74, 6) is 7.82. The number of nitrogens with zero attached hydrogens (tertiary/aromatic N) is 4. The van der Waals surface area contributed by atoms with E-state index in [1.54, 1.807) is 0 Å². The molecule has 0 amide bonds. The molecule has 1 saturated heterocycles. The number of aromatic nitrogens is 2. The maximum Gasteiger partial charge on any atom is 0.319 e. The SMILES string of the molecule is CNCCOc1nc(C(=NN)c2cc(C)c(C)o2)cc(N2CCOCC2)n1. The maximum absolute atomic E-state index is 5.79. The molecule has 3 heterocycles. The van der Waals surface area contributed by atoms with E-state index in [1.807, 2.05) is 33.0 Å². The summed E-state index contributed by atoms with van der Waals surface area (Å²) >= 11 is 0. The van der Waals surface area contributed by atoms with Crippen molar-refractivity contribution in [3.8, 4) is 6.01 Å². The number of hydrogen-bond donors (Lipinski definition) is 2. The number of hydrazone groups is 1. The molecule has 2 aromatic heterocycles. The number of likely N-dealkylation sites (N-methyl/N-ethyl adjacent to an activating group) is 1. The van der Waals surface area contributed by atoms with Crippen molar-refractivity contribution in [3.05, 3.63) is 34.9 Å². The van der Waals surface area contributed by atoms with Gasteiger partial charge >= 0.3 is 6.01 Å². The molecule has 1 aliphatic heterocycles. The number of aryl methyl sites for hydroxylation is 2. The van der Waals surface area contributed by atoms with Gasteiger partial charge in [-0.15, -0.1) is 0 Å². The molecular weight excluding hydrogens is 348 g/mol. The van der Waals surface area contributed by atoms with Crippen LogP contribution in [0.5, 0.6) is 6.01 Å². The predicted molar refractivity (Wildman–Crippen MR) is 102 cm³/mol. The molecule has 0 aromatic carbocycles. The Hall–Kier alpha value is -2.65. The average Bonchev–Trinajstić information content (AvgIpc) is 3.01. The van der Waals surface area contributed by atoms with Gasteiger partial charge in [0, 0.05) is 25.7 Å². The van der Waals surface area contributed by atoms with Crippen molar-refractivity contribution >= 4 is 11.5 Å². The van der Waals surface area contributed by atoms with Crippen LogP contribution in [0.3, 0.4) is 0 Å². The molecule has 3 rings (SSSR count). The summed E-state index contributed by atoms with van der Waals surface area (Å²) in [7, 11) is 1.86. The fourth-order valence-corrected chi connectivity index (χ4v) is 2.74. The zero-order valence-electron chi connectivity index (χ0n) is 16.0. The summed E-state index contributed by atoms with van der Waals surface area (Å²) in [5, 5.41) is 6.96. The van der Waals surface area contributed by atoms with Crippen molar-refractivity contribution in [1.82, 2.24) is 15.3 Å². The number of nitrogens with two attached hydrogens (primary N) is 1. The van der Waals surface area contributed by atoms with E-state index in [4.69, 9.17) is 19.7 Å². The Morgan fingerprint density at radius 1 is 1.30 bits per heavy atom. The van der Waals surface area contributed by atoms with Crippen molar-refractivity contribution in [2.75, 3.05) is 51.4 Å². The molecule has 1 fully saturated rings. The molecule has 9 heteroatoms. The smallest absolute Gasteiger partial charge is 0.319 e. The lowest BCUT2D eigenvalue weighted by Crippen LogP contribution is -2.37. The molecule has 0 spiro atoms. The quantitative estimate of drug-likeness (QED) is 0.317. The lowest BCUT2D eigenvalue weighted by atomic mass is 10.2. The number of hydrogen-bond acceptors (Lipinski definition) is 9. The standard InChI is InChI=1S/C18H26N6O3/c1-12-10-15(27-13(12)2)17(23-19)14-11-16(24-5-8-25-9-6-24)22-18(21-14)26-7-4-20-3/h10-11,20H,4-9,19H2,1-3H3. The average molecular weight is 374 g/mol. The Kier molecular flexibility index (Phi) is 6.25. The Bertz CT molecular complexity index is 779. The Morgan fingerprint density at radius 2 is 2.07 bits per heavy atom. The zero-order chi connectivity index (χ0) is 19.2. The number of ether oxygens (including phenoxy) is 2. The third-order valence-electron chi connectivity index (χ3n) is 4.38. The van der Waals surface area contributed by atoms with Gasteiger partial charge in [0.2, 0.25) is 0 Å². The van der Waals surface area contributed by atoms with Crippen LogP contribution in [0.25, 0.3) is 0 Å². The lowest BCUT2D eigenvalue weighted by molar-refractivity contribution is 0.122. The molecule has 0 unspecified atom stereocenters. The summed E-state index contributed by atoms with van der Waals surface area (Å²) in [6.07, 6.45) is 0. The van der Waals surface area contributed by atoms with Gasteiger partial charge in [-0.05, 0) is 32.5 Å². The van der Waals surface area contributed by atoms with Gasteiger partial charge in [-0.25, -0.2) is 0 Å². The highest BCUT2D eigenvalue weighted by molar-refractivity contribution is 6.10. The van der Waals surface area contributed by atoms with Crippen LogP contribution >= 0.6 is 0 Å². The van der Waals surface area contributed by atoms with Crippen molar-refractivity contribution < 1.29 is 13.9 Å². The Morgan fingerprint density at radius 3 is 2.70 bits per heavy atom. The first-order valence-electron chi connectivity index (χ1n) is 8.97. The number of rotatable bonds is 7. The van der Waals surface area contributed by atoms with E-state index in [0.717, 1.165) is 30.2 Å². The van der Waals surface area contributed by atoms with E-state index in [-0.39, 0.29) is 6.01 Å². The van der Waals surface area contributed by atoms with Crippen LogP contribution in [0.2, 0.25) is 0 Å². The summed E-state index contributed by atoms with van der Waals surface area (Å²) < 4.78 is 16.9. The van der Waals surface area contributed by atoms with Crippen molar-refractivity contribution in [1.29, 1.82) is 0 Å². The highest BCUT2D eigenvalue weighted by Crippen LogP contribution is 2.22. The van der Waals surface area contributed by atoms with E-state index < -0.39 is 0 Å². The lowest BCUT2D eigenvalue weighted by Gasteiger charge is -2.28. The first-order valence-corrected chi connectivity index (χ1v) is 8.97. The fraction of sp³-hybridized carbons (Fsp3) is 0.500. The number of anilines is 1. The van der Waals surface area contributed by atoms with Gasteiger partial charge in [0.1, 0.15) is 23.9 Å². The van der Waals surface area contributed by atoms with Crippen LogP contribution < -0.4 is 20.8 Å². The number of morpholine rings is 1. The van der Waals surface area contributed by atoms with E-state index in [2.05, 4.69) is 25.3 Å². The second kappa shape index (κ2) is 8.83. The fourth-order valence-electron chi connectivity index (χ4n) is 2.74. The minimum absolute atomic E-state index is 0.283. The van der Waals surface area contributed by atoms with Crippen LogP contribution in [0.1, 0.15) is 22.8 Å². The number of nitrogens with one attached hydrogen (secondary N) is 1. The molecule has 1 aliphatic rings. The molecular formula is C18H26N6O3. The van der Waals surface area contributed by atoms with Gasteiger partial charge in [0.15, 0.2) is 11.5 Å². The van der Waals surface area contributed by atoms with E-state index in [1.165, 1.54) is 0 Å². The second-order valence-corrected chi connectivity index (χ2v) is 6.27. The Labute approximate surface area is 158 Å². The van der Waals surface area contributed by atoms with E-state index in [0.29, 0.717) is 43.5 Å². The summed E-state index contributed by atoms with van der Waals surface area (Å²) in [6, 6.07) is 4.04. The first kappa shape index (κ1) is 19.1. The van der Waals surface area contributed by atoms with Crippen LogP contribution in [0, 0.1) is 13.8 Å². The van der Waals surface area contributed by atoms with Crippen LogP contribution in [0.15, 0.2) is 21.7 Å². The Balaban J connectivity index is 1.97. The van der Waals surface area contributed by atoms with Crippen molar-refractivity contribution in [2.24, 2.45) is 10.9 Å². The van der Waals surface area contributed by atoms with Crippen molar-refractivity contribution in [2.45, 2.75) is 13.8 Å². The molecule has 9 nitrogen and oxygen atoms in total. The van der Waals surface area contributed by atoms with Crippen LogP contribution in [0.4, 0.5) is 5.82 Å². The topological polar surface area (TPSA) is 111 Å². The number of furan rings is 1. The van der Waals surface area contributed by atoms with Gasteiger partial charge in [-0.2, -0.15) is 15.1 Å². The van der Waals surface area contributed by atoms with Gasteiger partial charge in [0.05, 0.1) is 13.2 Å². The molecule has 2 aromatic rings. The third kappa shape index (κ3) is 4.55. The summed E-state index contributed by atoms with van der Waals surface area (Å²) in [6.45, 7) is 7.83. The molecule has 0 bridgehead atoms. The summed E-state index contributed by atoms with van der Waals surface area (Å²) in [4.78, 5) is 11.2. The van der Waals surface area contributed by atoms with Gasteiger partial charge < -0.3 is 30.0 Å².